The normalized spacial score (nSPS) is 20.9. The van der Waals surface area contributed by atoms with Crippen molar-refractivity contribution in [1.82, 2.24) is 5.32 Å². The molecule has 1 N–H and O–H groups in total. The minimum Gasteiger partial charge on any atom is -0.486 e. The molecule has 100 valence electrons. The number of hydrogen-bond acceptors (Lipinski definition) is 3. The lowest BCUT2D eigenvalue weighted by Crippen LogP contribution is -2.33. The molecule has 0 radical (unpaired) electrons. The lowest BCUT2D eigenvalue weighted by atomic mass is 10.0. The van der Waals surface area contributed by atoms with Crippen molar-refractivity contribution < 1.29 is 9.47 Å². The summed E-state index contributed by atoms with van der Waals surface area (Å²) in [5.74, 6) is 1.12. The van der Waals surface area contributed by atoms with Crippen molar-refractivity contribution in [3.05, 3.63) is 28.2 Å². The van der Waals surface area contributed by atoms with Gasteiger partial charge in [-0.15, -0.1) is 0 Å². The number of ether oxygens (including phenoxy) is 2. The highest BCUT2D eigenvalue weighted by atomic mass is 35.5. The van der Waals surface area contributed by atoms with Crippen LogP contribution in [0.2, 0.25) is 10.0 Å². The predicted molar refractivity (Wildman–Crippen MR) is 73.7 cm³/mol. The van der Waals surface area contributed by atoms with Crippen LogP contribution in [0.1, 0.15) is 6.42 Å². The molecule has 1 saturated heterocycles. The topological polar surface area (TPSA) is 30.5 Å². The highest BCUT2D eigenvalue weighted by molar-refractivity contribution is 6.35. The third-order valence-corrected chi connectivity index (χ3v) is 3.66. The maximum Gasteiger partial charge on any atom is 0.138 e. The van der Waals surface area contributed by atoms with E-state index in [2.05, 4.69) is 5.32 Å². The maximum absolute atomic E-state index is 6.11. The Morgan fingerprint density at radius 1 is 1.44 bits per heavy atom. The zero-order chi connectivity index (χ0) is 13.0. The largest absolute Gasteiger partial charge is 0.486 e. The summed E-state index contributed by atoms with van der Waals surface area (Å²) in [5, 5.41) is 4.48. The van der Waals surface area contributed by atoms with Gasteiger partial charge in [-0.2, -0.15) is 0 Å². The van der Waals surface area contributed by atoms with E-state index in [-0.39, 0.29) is 6.10 Å². The zero-order valence-electron chi connectivity index (χ0n) is 10.3. The van der Waals surface area contributed by atoms with Crippen molar-refractivity contribution in [3.63, 3.8) is 0 Å². The van der Waals surface area contributed by atoms with Gasteiger partial charge in [0.25, 0.3) is 0 Å². The third kappa shape index (κ3) is 3.51. The Labute approximate surface area is 117 Å². The van der Waals surface area contributed by atoms with E-state index in [0.717, 1.165) is 19.5 Å². The fourth-order valence-electron chi connectivity index (χ4n) is 2.16. The zero-order valence-corrected chi connectivity index (χ0v) is 11.8. The van der Waals surface area contributed by atoms with Crippen LogP contribution in [-0.2, 0) is 4.74 Å². The molecule has 1 aromatic rings. The van der Waals surface area contributed by atoms with E-state index in [1.165, 1.54) is 0 Å². The van der Waals surface area contributed by atoms with Crippen molar-refractivity contribution in [2.75, 3.05) is 26.8 Å². The smallest absolute Gasteiger partial charge is 0.138 e. The minimum absolute atomic E-state index is 0.0173. The summed E-state index contributed by atoms with van der Waals surface area (Å²) in [7, 11) is 1.68. The second kappa shape index (κ2) is 6.62. The standard InChI is InChI=1S/C13H17Cl2NO2/c1-17-8-13(9-4-5-16-7-9)18-12-3-2-10(14)6-11(12)15/h2-3,6,9,13,16H,4-5,7-8H2,1H3/t9-,13+/m0/s1. The monoisotopic (exact) mass is 289 g/mol. The highest BCUT2D eigenvalue weighted by Gasteiger charge is 2.27. The number of rotatable bonds is 5. The molecule has 2 rings (SSSR count). The first-order chi connectivity index (χ1) is 8.70. The molecule has 0 aromatic heterocycles. The Morgan fingerprint density at radius 2 is 2.28 bits per heavy atom. The summed E-state index contributed by atoms with van der Waals surface area (Å²) in [6, 6.07) is 5.27. The molecule has 0 saturated carbocycles. The van der Waals surface area contributed by atoms with E-state index in [1.807, 2.05) is 0 Å². The number of methoxy groups -OCH3 is 1. The molecular weight excluding hydrogens is 273 g/mol. The summed E-state index contributed by atoms with van der Waals surface area (Å²) < 4.78 is 11.2. The van der Waals surface area contributed by atoms with Gasteiger partial charge in [-0.3, -0.25) is 0 Å². The first kappa shape index (κ1) is 13.9. The van der Waals surface area contributed by atoms with Crippen molar-refractivity contribution >= 4 is 23.2 Å². The van der Waals surface area contributed by atoms with Crippen LogP contribution in [0, 0.1) is 5.92 Å². The summed E-state index contributed by atoms with van der Waals surface area (Å²) >= 11 is 12.0. The second-order valence-corrected chi connectivity index (χ2v) is 5.28. The van der Waals surface area contributed by atoms with Gasteiger partial charge in [-0.05, 0) is 31.2 Å². The summed E-state index contributed by atoms with van der Waals surface area (Å²) in [5.41, 5.74) is 0. The van der Waals surface area contributed by atoms with Gasteiger partial charge in [0.15, 0.2) is 0 Å². The number of benzene rings is 1. The molecule has 0 amide bonds. The molecule has 1 aliphatic heterocycles. The quantitative estimate of drug-likeness (QED) is 0.904. The predicted octanol–water partition coefficient (Wildman–Crippen LogP) is 3.00. The Balaban J connectivity index is 2.07. The highest BCUT2D eigenvalue weighted by Crippen LogP contribution is 2.30. The molecule has 1 aliphatic rings. The van der Waals surface area contributed by atoms with Gasteiger partial charge in [-0.25, -0.2) is 0 Å². The second-order valence-electron chi connectivity index (χ2n) is 4.44. The van der Waals surface area contributed by atoms with Gasteiger partial charge in [0.1, 0.15) is 11.9 Å². The lowest BCUT2D eigenvalue weighted by molar-refractivity contribution is 0.0483. The fraction of sp³-hybridized carbons (Fsp3) is 0.538. The number of nitrogens with one attached hydrogen (secondary N) is 1. The molecule has 1 heterocycles. The fourth-order valence-corrected chi connectivity index (χ4v) is 2.61. The van der Waals surface area contributed by atoms with Crippen molar-refractivity contribution in [3.8, 4) is 5.75 Å². The Kier molecular flexibility index (Phi) is 5.13. The summed E-state index contributed by atoms with van der Waals surface area (Å²) in [6.07, 6.45) is 1.11. The van der Waals surface area contributed by atoms with E-state index in [1.54, 1.807) is 25.3 Å². The first-order valence-electron chi connectivity index (χ1n) is 6.02. The van der Waals surface area contributed by atoms with Crippen LogP contribution < -0.4 is 10.1 Å². The van der Waals surface area contributed by atoms with Crippen LogP contribution in [0.5, 0.6) is 5.75 Å². The molecule has 5 heteroatoms. The maximum atomic E-state index is 6.11. The van der Waals surface area contributed by atoms with Gasteiger partial charge >= 0.3 is 0 Å². The van der Waals surface area contributed by atoms with Crippen LogP contribution >= 0.6 is 23.2 Å². The molecule has 0 unspecified atom stereocenters. The van der Waals surface area contributed by atoms with Gasteiger partial charge in [0.05, 0.1) is 11.6 Å². The number of halogens is 2. The molecule has 3 nitrogen and oxygen atoms in total. The van der Waals surface area contributed by atoms with Crippen molar-refractivity contribution in [2.45, 2.75) is 12.5 Å². The molecule has 0 aliphatic carbocycles. The molecule has 0 spiro atoms. The van der Waals surface area contributed by atoms with Crippen LogP contribution in [0.25, 0.3) is 0 Å². The number of hydrogen-bond donors (Lipinski definition) is 1. The third-order valence-electron chi connectivity index (χ3n) is 3.13. The Bertz CT molecular complexity index is 395. The molecule has 18 heavy (non-hydrogen) atoms. The molecular formula is C13H17Cl2NO2. The summed E-state index contributed by atoms with van der Waals surface area (Å²) in [4.78, 5) is 0. The van der Waals surface area contributed by atoms with E-state index in [0.29, 0.717) is 28.3 Å². The average molecular weight is 290 g/mol. The van der Waals surface area contributed by atoms with E-state index < -0.39 is 0 Å². The van der Waals surface area contributed by atoms with E-state index in [4.69, 9.17) is 32.7 Å². The average Bonchev–Trinajstić information content (AvgIpc) is 2.85. The van der Waals surface area contributed by atoms with Gasteiger partial charge < -0.3 is 14.8 Å². The molecule has 2 atom stereocenters. The van der Waals surface area contributed by atoms with E-state index in [9.17, 15) is 0 Å². The Hall–Kier alpha value is -0.480. The Morgan fingerprint density at radius 3 is 2.89 bits per heavy atom. The molecule has 1 aromatic carbocycles. The van der Waals surface area contributed by atoms with Gasteiger partial charge in [-0.1, -0.05) is 23.2 Å². The van der Waals surface area contributed by atoms with Crippen LogP contribution in [0.15, 0.2) is 18.2 Å². The molecule has 1 fully saturated rings. The molecule has 0 bridgehead atoms. The lowest BCUT2D eigenvalue weighted by Gasteiger charge is -2.24. The van der Waals surface area contributed by atoms with Crippen LogP contribution in [-0.4, -0.2) is 32.9 Å². The SMILES string of the molecule is COC[C@@H](Oc1ccc(Cl)cc1Cl)[C@H]1CCNC1. The van der Waals surface area contributed by atoms with E-state index >= 15 is 0 Å². The first-order valence-corrected chi connectivity index (χ1v) is 6.77. The van der Waals surface area contributed by atoms with Crippen LogP contribution in [0.3, 0.4) is 0 Å². The van der Waals surface area contributed by atoms with Crippen LogP contribution in [0.4, 0.5) is 0 Å². The van der Waals surface area contributed by atoms with Crippen molar-refractivity contribution in [1.29, 1.82) is 0 Å². The van der Waals surface area contributed by atoms with Gasteiger partial charge in [0.2, 0.25) is 0 Å². The van der Waals surface area contributed by atoms with Crippen molar-refractivity contribution in [2.24, 2.45) is 5.92 Å². The minimum atomic E-state index is 0.0173. The summed E-state index contributed by atoms with van der Waals surface area (Å²) in [6.45, 7) is 2.55. The van der Waals surface area contributed by atoms with Gasteiger partial charge in [0, 0.05) is 24.6 Å².